The predicted molar refractivity (Wildman–Crippen MR) is 134 cm³/mol. The van der Waals surface area contributed by atoms with Gasteiger partial charge in [0.2, 0.25) is 5.91 Å². The number of amides is 1. The molecule has 0 fully saturated rings. The smallest absolute Gasteiger partial charge is 0.234 e. The maximum absolute atomic E-state index is 12.5. The van der Waals surface area contributed by atoms with E-state index in [2.05, 4.69) is 27.0 Å². The lowest BCUT2D eigenvalue weighted by Crippen LogP contribution is -2.14. The summed E-state index contributed by atoms with van der Waals surface area (Å²) in [6, 6.07) is 23.4. The molecule has 4 nitrogen and oxygen atoms in total. The van der Waals surface area contributed by atoms with Crippen molar-refractivity contribution in [2.45, 2.75) is 18.6 Å². The second-order valence-electron chi connectivity index (χ2n) is 7.33. The van der Waals surface area contributed by atoms with Crippen molar-refractivity contribution in [2.24, 2.45) is 0 Å². The van der Waals surface area contributed by atoms with Crippen LogP contribution in [0.3, 0.4) is 0 Å². The fraction of sp³-hybridized carbons (Fsp3) is 0.120. The first-order chi connectivity index (χ1) is 15.5. The quantitative estimate of drug-likeness (QED) is 0.290. The number of carbonyl (C=O) groups excluding carboxylic acids is 1. The number of carbonyl (C=O) groups is 1. The molecule has 162 valence electrons. The van der Waals surface area contributed by atoms with E-state index in [4.69, 9.17) is 23.2 Å². The molecule has 1 aromatic heterocycles. The van der Waals surface area contributed by atoms with Crippen LogP contribution < -0.4 is 5.32 Å². The maximum Gasteiger partial charge on any atom is 0.234 e. The largest absolute Gasteiger partial charge is 0.325 e. The van der Waals surface area contributed by atoms with Crippen LogP contribution in [-0.2, 0) is 11.3 Å². The number of hydrogen-bond donors (Lipinski definition) is 1. The summed E-state index contributed by atoms with van der Waals surface area (Å²) in [5, 5.41) is 4.69. The van der Waals surface area contributed by atoms with Crippen LogP contribution in [0.2, 0.25) is 10.0 Å². The molecular formula is C25H21Cl2N3OS. The van der Waals surface area contributed by atoms with E-state index < -0.39 is 0 Å². The number of thioether (sulfide) groups is 1. The highest BCUT2D eigenvalue weighted by atomic mass is 35.5. The van der Waals surface area contributed by atoms with Crippen LogP contribution in [0.1, 0.15) is 11.1 Å². The Morgan fingerprint density at radius 2 is 1.75 bits per heavy atom. The van der Waals surface area contributed by atoms with E-state index in [9.17, 15) is 4.79 Å². The zero-order valence-corrected chi connectivity index (χ0v) is 19.7. The summed E-state index contributed by atoms with van der Waals surface area (Å²) >= 11 is 13.8. The summed E-state index contributed by atoms with van der Waals surface area (Å²) < 4.78 is 2.10. The van der Waals surface area contributed by atoms with Gasteiger partial charge in [-0.1, -0.05) is 89.1 Å². The Balaban J connectivity index is 1.56. The van der Waals surface area contributed by atoms with Crippen LogP contribution in [0.25, 0.3) is 11.3 Å². The van der Waals surface area contributed by atoms with E-state index in [0.29, 0.717) is 16.6 Å². The molecule has 0 radical (unpaired) electrons. The molecule has 0 aliphatic heterocycles. The summed E-state index contributed by atoms with van der Waals surface area (Å²) in [4.78, 5) is 17.1. The van der Waals surface area contributed by atoms with Gasteiger partial charge in [0, 0.05) is 11.3 Å². The van der Waals surface area contributed by atoms with E-state index in [1.54, 1.807) is 6.07 Å². The fourth-order valence-electron chi connectivity index (χ4n) is 3.24. The van der Waals surface area contributed by atoms with E-state index >= 15 is 0 Å². The van der Waals surface area contributed by atoms with Crippen LogP contribution in [0.5, 0.6) is 0 Å². The molecule has 0 unspecified atom stereocenters. The van der Waals surface area contributed by atoms with Gasteiger partial charge in [-0.2, -0.15) is 0 Å². The topological polar surface area (TPSA) is 46.9 Å². The number of imidazole rings is 1. The van der Waals surface area contributed by atoms with E-state index in [0.717, 1.165) is 33.2 Å². The highest BCUT2D eigenvalue weighted by Gasteiger charge is 2.15. The average molecular weight is 482 g/mol. The summed E-state index contributed by atoms with van der Waals surface area (Å²) in [6.45, 7) is 2.64. The number of nitrogens with one attached hydrogen (secondary N) is 1. The first kappa shape index (κ1) is 22.5. The van der Waals surface area contributed by atoms with Gasteiger partial charge in [-0.3, -0.25) is 4.79 Å². The van der Waals surface area contributed by atoms with Gasteiger partial charge in [-0.15, -0.1) is 0 Å². The number of anilines is 1. The Kier molecular flexibility index (Phi) is 7.20. The van der Waals surface area contributed by atoms with Crippen molar-refractivity contribution in [2.75, 3.05) is 11.1 Å². The molecule has 0 aliphatic rings. The molecule has 32 heavy (non-hydrogen) atoms. The maximum atomic E-state index is 12.5. The molecule has 4 aromatic rings. The third kappa shape index (κ3) is 5.54. The van der Waals surface area contributed by atoms with Crippen LogP contribution >= 0.6 is 35.0 Å². The lowest BCUT2D eigenvalue weighted by Gasteiger charge is -2.13. The number of aryl methyl sites for hydroxylation is 1. The molecule has 3 aromatic carbocycles. The van der Waals surface area contributed by atoms with Gasteiger partial charge in [0.15, 0.2) is 5.16 Å². The van der Waals surface area contributed by atoms with Crippen molar-refractivity contribution in [1.29, 1.82) is 0 Å². The first-order valence-corrected chi connectivity index (χ1v) is 11.8. The minimum atomic E-state index is -0.0794. The van der Waals surface area contributed by atoms with Crippen LogP contribution in [-0.4, -0.2) is 21.2 Å². The number of halogens is 2. The van der Waals surface area contributed by atoms with Crippen molar-refractivity contribution in [3.05, 3.63) is 100 Å². The number of hydrogen-bond acceptors (Lipinski definition) is 3. The standard InChI is InChI=1S/C25H21Cl2N3OS/c1-17-7-10-20(11-8-17)29-24(31)16-32-25-28-14-23(19-9-12-21(26)22(27)13-19)30(25)15-18-5-3-2-4-6-18/h2-14H,15-16H2,1H3,(H,29,31). The number of rotatable bonds is 7. The Labute approximate surface area is 201 Å². The lowest BCUT2D eigenvalue weighted by molar-refractivity contribution is -0.113. The number of benzene rings is 3. The van der Waals surface area contributed by atoms with Crippen LogP contribution in [0, 0.1) is 6.92 Å². The summed E-state index contributed by atoms with van der Waals surface area (Å²) in [5.74, 6) is 0.171. The Morgan fingerprint density at radius 1 is 1.00 bits per heavy atom. The molecular weight excluding hydrogens is 461 g/mol. The van der Waals surface area contributed by atoms with Crippen molar-refractivity contribution in [3.63, 3.8) is 0 Å². The van der Waals surface area contributed by atoms with Crippen molar-refractivity contribution in [1.82, 2.24) is 9.55 Å². The molecule has 0 atom stereocenters. The van der Waals surface area contributed by atoms with Crippen LogP contribution in [0.15, 0.2) is 84.1 Å². The van der Waals surface area contributed by atoms with E-state index in [1.165, 1.54) is 11.8 Å². The van der Waals surface area contributed by atoms with Gasteiger partial charge >= 0.3 is 0 Å². The Morgan fingerprint density at radius 3 is 2.47 bits per heavy atom. The summed E-state index contributed by atoms with van der Waals surface area (Å²) in [6.07, 6.45) is 1.81. The van der Waals surface area contributed by atoms with E-state index in [1.807, 2.05) is 67.7 Å². The Hall–Kier alpha value is -2.73. The molecule has 0 saturated heterocycles. The zero-order valence-electron chi connectivity index (χ0n) is 17.4. The van der Waals surface area contributed by atoms with Gasteiger partial charge in [-0.25, -0.2) is 4.98 Å². The molecule has 0 bridgehead atoms. The second kappa shape index (κ2) is 10.3. The molecule has 1 heterocycles. The normalized spacial score (nSPS) is 10.8. The first-order valence-electron chi connectivity index (χ1n) is 10.0. The molecule has 0 saturated carbocycles. The number of nitrogens with zero attached hydrogens (tertiary/aromatic N) is 2. The Bertz CT molecular complexity index is 1220. The molecule has 0 spiro atoms. The van der Waals surface area contributed by atoms with Crippen molar-refractivity contribution in [3.8, 4) is 11.3 Å². The van der Waals surface area contributed by atoms with Gasteiger partial charge in [0.1, 0.15) is 0 Å². The monoisotopic (exact) mass is 481 g/mol. The number of aromatic nitrogens is 2. The molecule has 0 aliphatic carbocycles. The lowest BCUT2D eigenvalue weighted by atomic mass is 10.1. The van der Waals surface area contributed by atoms with Gasteiger partial charge in [0.25, 0.3) is 0 Å². The summed E-state index contributed by atoms with van der Waals surface area (Å²) in [5.41, 5.74) is 4.89. The minimum absolute atomic E-state index is 0.0794. The van der Waals surface area contributed by atoms with Crippen molar-refractivity contribution < 1.29 is 4.79 Å². The average Bonchev–Trinajstić information content (AvgIpc) is 3.19. The second-order valence-corrected chi connectivity index (χ2v) is 9.09. The predicted octanol–water partition coefficient (Wildman–Crippen LogP) is 6.94. The highest BCUT2D eigenvalue weighted by Crippen LogP contribution is 2.31. The SMILES string of the molecule is Cc1ccc(NC(=O)CSc2ncc(-c3ccc(Cl)c(Cl)c3)n2Cc2ccccc2)cc1. The third-order valence-corrected chi connectivity index (χ3v) is 6.62. The van der Waals surface area contributed by atoms with E-state index in [-0.39, 0.29) is 11.7 Å². The van der Waals surface area contributed by atoms with Gasteiger partial charge in [0.05, 0.1) is 34.2 Å². The third-order valence-electron chi connectivity index (χ3n) is 4.89. The molecule has 4 rings (SSSR count). The zero-order chi connectivity index (χ0) is 22.5. The van der Waals surface area contributed by atoms with Gasteiger partial charge in [-0.05, 0) is 36.8 Å². The van der Waals surface area contributed by atoms with Crippen LogP contribution in [0.4, 0.5) is 5.69 Å². The molecule has 7 heteroatoms. The highest BCUT2D eigenvalue weighted by molar-refractivity contribution is 7.99. The van der Waals surface area contributed by atoms with Gasteiger partial charge < -0.3 is 9.88 Å². The molecule has 1 amide bonds. The minimum Gasteiger partial charge on any atom is -0.325 e. The fourth-order valence-corrected chi connectivity index (χ4v) is 4.32. The van der Waals surface area contributed by atoms with Crippen molar-refractivity contribution >= 4 is 46.6 Å². The molecule has 1 N–H and O–H groups in total. The summed E-state index contributed by atoms with van der Waals surface area (Å²) in [7, 11) is 0.